The molecule has 0 aliphatic carbocycles. The monoisotopic (exact) mass is 276 g/mol. The van der Waals surface area contributed by atoms with E-state index in [1.54, 1.807) is 0 Å². The molecule has 0 fully saturated rings. The van der Waals surface area contributed by atoms with Crippen LogP contribution in [0.5, 0.6) is 11.5 Å². The van der Waals surface area contributed by atoms with Gasteiger partial charge in [-0.05, 0) is 51.1 Å². The van der Waals surface area contributed by atoms with Crippen LogP contribution in [0.25, 0.3) is 0 Å². The molecule has 1 rings (SSSR count). The molecule has 4 nitrogen and oxygen atoms in total. The fraction of sp³-hybridized carbons (Fsp3) is 0.562. The van der Waals surface area contributed by atoms with E-state index in [9.17, 15) is 5.26 Å². The Morgan fingerprint density at radius 3 is 2.25 bits per heavy atom. The van der Waals surface area contributed by atoms with Crippen molar-refractivity contribution < 1.29 is 9.47 Å². The van der Waals surface area contributed by atoms with Crippen molar-refractivity contribution in [1.82, 2.24) is 5.32 Å². The molecule has 1 aromatic rings. The van der Waals surface area contributed by atoms with Crippen molar-refractivity contribution in [3.63, 3.8) is 0 Å². The van der Waals surface area contributed by atoms with Crippen molar-refractivity contribution in [2.75, 3.05) is 19.8 Å². The van der Waals surface area contributed by atoms with Gasteiger partial charge in [-0.1, -0.05) is 6.92 Å². The molecule has 0 aliphatic heterocycles. The molecule has 0 amide bonds. The van der Waals surface area contributed by atoms with Crippen molar-refractivity contribution in [3.05, 3.63) is 24.3 Å². The van der Waals surface area contributed by atoms with Gasteiger partial charge in [-0.15, -0.1) is 0 Å². The highest BCUT2D eigenvalue weighted by Gasteiger charge is 2.22. The lowest BCUT2D eigenvalue weighted by molar-refractivity contribution is 0.266. The first-order valence-electron chi connectivity index (χ1n) is 7.15. The zero-order valence-electron chi connectivity index (χ0n) is 12.6. The summed E-state index contributed by atoms with van der Waals surface area (Å²) in [5.41, 5.74) is -0.527. The summed E-state index contributed by atoms with van der Waals surface area (Å²) in [7, 11) is 0. The van der Waals surface area contributed by atoms with Gasteiger partial charge in [-0.3, -0.25) is 5.32 Å². The number of nitriles is 1. The summed E-state index contributed by atoms with van der Waals surface area (Å²) in [5.74, 6) is 1.63. The van der Waals surface area contributed by atoms with Crippen molar-refractivity contribution in [2.45, 2.75) is 39.2 Å². The third-order valence-corrected chi connectivity index (χ3v) is 3.02. The second-order valence-electron chi connectivity index (χ2n) is 4.87. The van der Waals surface area contributed by atoms with E-state index >= 15 is 0 Å². The maximum atomic E-state index is 9.22. The highest BCUT2D eigenvalue weighted by atomic mass is 16.5. The molecule has 1 atom stereocenters. The van der Waals surface area contributed by atoms with Crippen LogP contribution >= 0.6 is 0 Å². The lowest BCUT2D eigenvalue weighted by atomic mass is 10.0. The van der Waals surface area contributed by atoms with Crippen LogP contribution in [0.15, 0.2) is 24.3 Å². The second kappa shape index (κ2) is 8.44. The van der Waals surface area contributed by atoms with Crippen LogP contribution in [0.4, 0.5) is 0 Å². The predicted molar refractivity (Wildman–Crippen MR) is 80.0 cm³/mol. The van der Waals surface area contributed by atoms with Crippen LogP contribution in [-0.4, -0.2) is 25.3 Å². The molecule has 0 spiro atoms. The summed E-state index contributed by atoms with van der Waals surface area (Å²) in [6.45, 7) is 7.95. The van der Waals surface area contributed by atoms with Gasteiger partial charge >= 0.3 is 0 Å². The number of ether oxygens (including phenoxy) is 2. The molecule has 20 heavy (non-hydrogen) atoms. The Kier molecular flexibility index (Phi) is 6.89. The van der Waals surface area contributed by atoms with Gasteiger partial charge < -0.3 is 9.47 Å². The van der Waals surface area contributed by atoms with Crippen molar-refractivity contribution in [2.24, 2.45) is 0 Å². The van der Waals surface area contributed by atoms with Crippen LogP contribution in [0, 0.1) is 11.3 Å². The molecule has 0 aromatic heterocycles. The van der Waals surface area contributed by atoms with Gasteiger partial charge in [-0.2, -0.15) is 5.26 Å². The summed E-state index contributed by atoms with van der Waals surface area (Å²) in [4.78, 5) is 0. The van der Waals surface area contributed by atoms with Gasteiger partial charge in [0.2, 0.25) is 0 Å². The topological polar surface area (TPSA) is 54.3 Å². The van der Waals surface area contributed by atoms with Crippen molar-refractivity contribution >= 4 is 0 Å². The van der Waals surface area contributed by atoms with E-state index in [4.69, 9.17) is 9.47 Å². The average Bonchev–Trinajstić information content (AvgIpc) is 2.47. The minimum Gasteiger partial charge on any atom is -0.494 e. The van der Waals surface area contributed by atoms with Gasteiger partial charge in [0.05, 0.1) is 19.3 Å². The Morgan fingerprint density at radius 1 is 1.15 bits per heavy atom. The fourth-order valence-electron chi connectivity index (χ4n) is 1.76. The lowest BCUT2D eigenvalue weighted by Crippen LogP contribution is -2.42. The van der Waals surface area contributed by atoms with E-state index in [1.807, 2.05) is 38.1 Å². The quantitative estimate of drug-likeness (QED) is 0.753. The highest BCUT2D eigenvalue weighted by Crippen LogP contribution is 2.18. The fourth-order valence-corrected chi connectivity index (χ4v) is 1.76. The van der Waals surface area contributed by atoms with Crippen LogP contribution < -0.4 is 14.8 Å². The van der Waals surface area contributed by atoms with Gasteiger partial charge in [0.1, 0.15) is 17.0 Å². The standard InChI is InChI=1S/C16H24N2O2/c1-4-11-18-16(3,13-17)10-12-20-15-8-6-14(7-9-15)19-5-2/h6-9,18H,4-5,10-12H2,1-3H3. The molecule has 0 saturated heterocycles. The van der Waals surface area contributed by atoms with Crippen LogP contribution in [-0.2, 0) is 0 Å². The minimum atomic E-state index is -0.527. The summed E-state index contributed by atoms with van der Waals surface area (Å²) < 4.78 is 11.0. The normalized spacial score (nSPS) is 13.3. The summed E-state index contributed by atoms with van der Waals surface area (Å²) >= 11 is 0. The van der Waals surface area contributed by atoms with Crippen LogP contribution in [0.2, 0.25) is 0 Å². The first kappa shape index (κ1) is 16.3. The van der Waals surface area contributed by atoms with Crippen LogP contribution in [0.3, 0.4) is 0 Å². The van der Waals surface area contributed by atoms with Gasteiger partial charge in [0.15, 0.2) is 0 Å². The third-order valence-electron chi connectivity index (χ3n) is 3.02. The Morgan fingerprint density at radius 2 is 1.75 bits per heavy atom. The first-order chi connectivity index (χ1) is 9.63. The minimum absolute atomic E-state index is 0.509. The van der Waals surface area contributed by atoms with Gasteiger partial charge in [0.25, 0.3) is 0 Å². The molecule has 4 heteroatoms. The van der Waals surface area contributed by atoms with E-state index in [-0.39, 0.29) is 0 Å². The Labute approximate surface area is 121 Å². The second-order valence-corrected chi connectivity index (χ2v) is 4.87. The number of rotatable bonds is 9. The number of hydrogen-bond donors (Lipinski definition) is 1. The van der Waals surface area contributed by atoms with E-state index in [0.29, 0.717) is 19.6 Å². The predicted octanol–water partition coefficient (Wildman–Crippen LogP) is 3.14. The van der Waals surface area contributed by atoms with Crippen molar-refractivity contribution in [3.8, 4) is 17.6 Å². The molecule has 1 unspecified atom stereocenters. The average molecular weight is 276 g/mol. The Hall–Kier alpha value is -1.73. The number of benzene rings is 1. The maximum absolute atomic E-state index is 9.22. The summed E-state index contributed by atoms with van der Waals surface area (Å²) in [6, 6.07) is 9.85. The zero-order chi connectivity index (χ0) is 14.8. The summed E-state index contributed by atoms with van der Waals surface area (Å²) in [6.07, 6.45) is 1.66. The molecule has 1 N–H and O–H groups in total. The number of nitrogens with one attached hydrogen (secondary N) is 1. The van der Waals surface area contributed by atoms with E-state index in [2.05, 4.69) is 18.3 Å². The molecule has 0 aliphatic rings. The van der Waals surface area contributed by atoms with E-state index in [1.165, 1.54) is 0 Å². The highest BCUT2D eigenvalue weighted by molar-refractivity contribution is 5.31. The smallest absolute Gasteiger partial charge is 0.119 e. The molecular weight excluding hydrogens is 252 g/mol. The molecule has 110 valence electrons. The van der Waals surface area contributed by atoms with E-state index < -0.39 is 5.54 Å². The molecule has 1 aromatic carbocycles. The zero-order valence-corrected chi connectivity index (χ0v) is 12.6. The van der Waals surface area contributed by atoms with E-state index in [0.717, 1.165) is 24.5 Å². The number of nitrogens with zero attached hydrogens (tertiary/aromatic N) is 1. The first-order valence-corrected chi connectivity index (χ1v) is 7.15. The maximum Gasteiger partial charge on any atom is 0.119 e. The summed E-state index contributed by atoms with van der Waals surface area (Å²) in [5, 5.41) is 12.5. The molecule has 0 bridgehead atoms. The molecule has 0 radical (unpaired) electrons. The third kappa shape index (κ3) is 5.50. The Balaban J connectivity index is 2.41. The van der Waals surface area contributed by atoms with Gasteiger partial charge in [-0.25, -0.2) is 0 Å². The molecular formula is C16H24N2O2. The lowest BCUT2D eigenvalue weighted by Gasteiger charge is -2.23. The van der Waals surface area contributed by atoms with Crippen LogP contribution in [0.1, 0.15) is 33.6 Å². The SMILES string of the molecule is CCCNC(C)(C#N)CCOc1ccc(OCC)cc1. The largest absolute Gasteiger partial charge is 0.494 e. The molecule has 0 heterocycles. The van der Waals surface area contributed by atoms with Gasteiger partial charge in [0, 0.05) is 6.42 Å². The van der Waals surface area contributed by atoms with Crippen molar-refractivity contribution in [1.29, 1.82) is 5.26 Å². The number of hydrogen-bond acceptors (Lipinski definition) is 4. The Bertz CT molecular complexity index is 425. The molecule has 0 saturated carbocycles.